The maximum atomic E-state index is 13.2. The highest BCUT2D eigenvalue weighted by molar-refractivity contribution is 9.10. The molecule has 20 heavy (non-hydrogen) atoms. The first-order valence-electron chi connectivity index (χ1n) is 5.96. The molecule has 104 valence electrons. The molecule has 0 heterocycles. The van der Waals surface area contributed by atoms with Crippen molar-refractivity contribution in [2.75, 3.05) is 12.4 Å². The lowest BCUT2D eigenvalue weighted by molar-refractivity contribution is -0.141. The summed E-state index contributed by atoms with van der Waals surface area (Å²) in [6, 6.07) is 12.5. The van der Waals surface area contributed by atoms with E-state index in [0.29, 0.717) is 5.69 Å². The monoisotopic (exact) mass is 337 g/mol. The van der Waals surface area contributed by atoms with Gasteiger partial charge in [-0.25, -0.2) is 9.18 Å². The highest BCUT2D eigenvalue weighted by Crippen LogP contribution is 2.27. The summed E-state index contributed by atoms with van der Waals surface area (Å²) in [5, 5.41) is 2.98. The van der Waals surface area contributed by atoms with E-state index in [1.54, 1.807) is 18.2 Å². The smallest absolute Gasteiger partial charge is 0.333 e. The highest BCUT2D eigenvalue weighted by Gasteiger charge is 2.23. The summed E-state index contributed by atoms with van der Waals surface area (Å²) in [6.45, 7) is 0. The molecule has 1 unspecified atom stereocenters. The molecule has 2 aromatic rings. The lowest BCUT2D eigenvalue weighted by Gasteiger charge is -2.19. The Morgan fingerprint density at radius 3 is 2.65 bits per heavy atom. The quantitative estimate of drug-likeness (QED) is 0.859. The summed E-state index contributed by atoms with van der Waals surface area (Å²) in [5.74, 6) is -0.813. The second kappa shape index (κ2) is 6.52. The van der Waals surface area contributed by atoms with Crippen molar-refractivity contribution in [3.63, 3.8) is 0 Å². The van der Waals surface area contributed by atoms with E-state index in [9.17, 15) is 9.18 Å². The van der Waals surface area contributed by atoms with Crippen LogP contribution < -0.4 is 5.32 Å². The van der Waals surface area contributed by atoms with Crippen molar-refractivity contribution < 1.29 is 13.9 Å². The molecule has 1 atom stereocenters. The standard InChI is InChI=1S/C15H13BrFNO2/c1-20-15(19)14(12-7-2-3-8-13(12)16)18-11-6-4-5-10(17)9-11/h2-9,14,18H,1H3. The van der Waals surface area contributed by atoms with E-state index >= 15 is 0 Å². The molecule has 0 aliphatic carbocycles. The van der Waals surface area contributed by atoms with Gasteiger partial charge in [0.1, 0.15) is 5.82 Å². The van der Waals surface area contributed by atoms with Crippen LogP contribution in [-0.4, -0.2) is 13.1 Å². The van der Waals surface area contributed by atoms with Gasteiger partial charge in [-0.15, -0.1) is 0 Å². The van der Waals surface area contributed by atoms with Gasteiger partial charge in [-0.05, 0) is 29.8 Å². The number of carbonyl (C=O) groups is 1. The van der Waals surface area contributed by atoms with Gasteiger partial charge in [-0.2, -0.15) is 0 Å². The first-order valence-corrected chi connectivity index (χ1v) is 6.75. The van der Waals surface area contributed by atoms with Crippen LogP contribution in [0.5, 0.6) is 0 Å². The molecule has 0 radical (unpaired) electrons. The molecule has 0 aliphatic heterocycles. The van der Waals surface area contributed by atoms with Crippen LogP contribution in [0, 0.1) is 5.82 Å². The molecule has 0 spiro atoms. The second-order valence-electron chi connectivity index (χ2n) is 4.13. The minimum absolute atomic E-state index is 0.370. The number of anilines is 1. The molecule has 0 saturated carbocycles. The predicted octanol–water partition coefficient (Wildman–Crippen LogP) is 3.91. The number of ether oxygens (including phenoxy) is 1. The average molecular weight is 338 g/mol. The molecule has 3 nitrogen and oxygen atoms in total. The maximum Gasteiger partial charge on any atom is 0.333 e. The van der Waals surface area contributed by atoms with Gasteiger partial charge in [0, 0.05) is 10.2 Å². The minimum Gasteiger partial charge on any atom is -0.467 e. The van der Waals surface area contributed by atoms with Crippen LogP contribution >= 0.6 is 15.9 Å². The van der Waals surface area contributed by atoms with Gasteiger partial charge in [0.25, 0.3) is 0 Å². The number of esters is 1. The number of carbonyl (C=O) groups excluding carboxylic acids is 1. The second-order valence-corrected chi connectivity index (χ2v) is 4.99. The van der Waals surface area contributed by atoms with Gasteiger partial charge < -0.3 is 10.1 Å². The third-order valence-electron chi connectivity index (χ3n) is 2.79. The molecular formula is C15H13BrFNO2. The van der Waals surface area contributed by atoms with E-state index in [0.717, 1.165) is 10.0 Å². The molecule has 0 saturated heterocycles. The summed E-state index contributed by atoms with van der Waals surface area (Å²) < 4.78 is 18.8. The Labute approximate surface area is 124 Å². The van der Waals surface area contributed by atoms with Crippen LogP contribution in [0.2, 0.25) is 0 Å². The van der Waals surface area contributed by atoms with E-state index in [-0.39, 0.29) is 5.82 Å². The van der Waals surface area contributed by atoms with E-state index in [1.165, 1.54) is 19.2 Å². The Kier molecular flexibility index (Phi) is 4.74. The first kappa shape index (κ1) is 14.5. The lowest BCUT2D eigenvalue weighted by Crippen LogP contribution is -2.22. The molecule has 5 heteroatoms. The Morgan fingerprint density at radius 2 is 2.00 bits per heavy atom. The lowest BCUT2D eigenvalue weighted by atomic mass is 10.1. The number of nitrogens with one attached hydrogen (secondary N) is 1. The third kappa shape index (κ3) is 3.36. The summed E-state index contributed by atoms with van der Waals surface area (Å²) in [6.07, 6.45) is 0. The van der Waals surface area contributed by atoms with Crippen LogP contribution in [0.1, 0.15) is 11.6 Å². The summed E-state index contributed by atoms with van der Waals surface area (Å²) in [7, 11) is 1.32. The first-order chi connectivity index (χ1) is 9.61. The maximum absolute atomic E-state index is 13.2. The van der Waals surface area contributed by atoms with E-state index in [4.69, 9.17) is 4.74 Å². The Bertz CT molecular complexity index is 618. The molecular weight excluding hydrogens is 325 g/mol. The van der Waals surface area contributed by atoms with Gasteiger partial charge in [-0.1, -0.05) is 40.2 Å². The molecule has 1 N–H and O–H groups in total. The van der Waals surface area contributed by atoms with Crippen LogP contribution in [0.3, 0.4) is 0 Å². The van der Waals surface area contributed by atoms with Crippen LogP contribution in [0.15, 0.2) is 53.0 Å². The summed E-state index contributed by atoms with van der Waals surface area (Å²) >= 11 is 3.40. The van der Waals surface area contributed by atoms with Gasteiger partial charge in [0.05, 0.1) is 7.11 Å². The Hall–Kier alpha value is -1.88. The molecule has 0 amide bonds. The zero-order valence-electron chi connectivity index (χ0n) is 10.8. The molecule has 2 aromatic carbocycles. The molecule has 0 aliphatic rings. The van der Waals surface area contributed by atoms with Gasteiger partial charge in [0.15, 0.2) is 6.04 Å². The zero-order valence-corrected chi connectivity index (χ0v) is 12.4. The normalized spacial score (nSPS) is 11.8. The number of hydrogen-bond donors (Lipinski definition) is 1. The van der Waals surface area contributed by atoms with Crippen LogP contribution in [-0.2, 0) is 9.53 Å². The molecule has 2 rings (SSSR count). The van der Waals surface area contributed by atoms with Crippen molar-refractivity contribution in [3.8, 4) is 0 Å². The number of methoxy groups -OCH3 is 1. The third-order valence-corrected chi connectivity index (χ3v) is 3.51. The van der Waals surface area contributed by atoms with E-state index < -0.39 is 12.0 Å². The van der Waals surface area contributed by atoms with E-state index in [1.807, 2.05) is 18.2 Å². The number of hydrogen-bond acceptors (Lipinski definition) is 3. The highest BCUT2D eigenvalue weighted by atomic mass is 79.9. The largest absolute Gasteiger partial charge is 0.467 e. The van der Waals surface area contributed by atoms with Crippen molar-refractivity contribution in [1.82, 2.24) is 0 Å². The topological polar surface area (TPSA) is 38.3 Å². The van der Waals surface area contributed by atoms with Crippen molar-refractivity contribution in [2.24, 2.45) is 0 Å². The van der Waals surface area contributed by atoms with E-state index in [2.05, 4.69) is 21.2 Å². The molecule has 0 aromatic heterocycles. The number of benzene rings is 2. The van der Waals surface area contributed by atoms with Crippen molar-refractivity contribution in [3.05, 3.63) is 64.4 Å². The molecule has 0 fully saturated rings. The van der Waals surface area contributed by atoms with Crippen molar-refractivity contribution >= 4 is 27.6 Å². The Morgan fingerprint density at radius 1 is 1.25 bits per heavy atom. The fraction of sp³-hybridized carbons (Fsp3) is 0.133. The van der Waals surface area contributed by atoms with Crippen LogP contribution in [0.25, 0.3) is 0 Å². The number of halogens is 2. The molecule has 0 bridgehead atoms. The SMILES string of the molecule is COC(=O)C(Nc1cccc(F)c1)c1ccccc1Br. The van der Waals surface area contributed by atoms with Gasteiger partial charge in [-0.3, -0.25) is 0 Å². The van der Waals surface area contributed by atoms with Gasteiger partial charge in [0.2, 0.25) is 0 Å². The van der Waals surface area contributed by atoms with Crippen molar-refractivity contribution in [2.45, 2.75) is 6.04 Å². The zero-order chi connectivity index (χ0) is 14.5. The fourth-order valence-electron chi connectivity index (χ4n) is 1.84. The van der Waals surface area contributed by atoms with Crippen molar-refractivity contribution in [1.29, 1.82) is 0 Å². The van der Waals surface area contributed by atoms with Crippen LogP contribution in [0.4, 0.5) is 10.1 Å². The predicted molar refractivity (Wildman–Crippen MR) is 78.9 cm³/mol. The minimum atomic E-state index is -0.711. The fourth-order valence-corrected chi connectivity index (χ4v) is 2.35. The number of rotatable bonds is 4. The summed E-state index contributed by atoms with van der Waals surface area (Å²) in [4.78, 5) is 12.0. The Balaban J connectivity index is 2.34. The average Bonchev–Trinajstić information content (AvgIpc) is 2.45. The van der Waals surface area contributed by atoms with Gasteiger partial charge >= 0.3 is 5.97 Å². The summed E-state index contributed by atoms with van der Waals surface area (Å²) in [5.41, 5.74) is 1.24.